The Morgan fingerprint density at radius 1 is 1.40 bits per heavy atom. The molecule has 104 valence electrons. The number of nitrogens with zero attached hydrogens (tertiary/aromatic N) is 2. The lowest BCUT2D eigenvalue weighted by atomic mass is 10.0. The van der Waals surface area contributed by atoms with Crippen molar-refractivity contribution in [3.05, 3.63) is 49.9 Å². The van der Waals surface area contributed by atoms with Gasteiger partial charge in [-0.15, -0.1) is 11.3 Å². The van der Waals surface area contributed by atoms with Gasteiger partial charge in [0.1, 0.15) is 10.3 Å². The summed E-state index contributed by atoms with van der Waals surface area (Å²) in [6.45, 7) is 2.76. The van der Waals surface area contributed by atoms with Gasteiger partial charge in [-0.25, -0.2) is 4.98 Å². The summed E-state index contributed by atoms with van der Waals surface area (Å²) < 4.78 is 0. The first-order chi connectivity index (χ1) is 9.56. The topological polar surface area (TPSA) is 33.2 Å². The van der Waals surface area contributed by atoms with Gasteiger partial charge in [0.25, 0.3) is 5.91 Å². The van der Waals surface area contributed by atoms with Crippen molar-refractivity contribution in [3.8, 4) is 0 Å². The largest absolute Gasteiger partial charge is 0.331 e. The van der Waals surface area contributed by atoms with E-state index in [1.54, 1.807) is 23.5 Å². The molecule has 2 aromatic heterocycles. The van der Waals surface area contributed by atoms with Gasteiger partial charge in [-0.05, 0) is 42.5 Å². The fourth-order valence-electron chi connectivity index (χ4n) is 2.54. The highest BCUT2D eigenvalue weighted by Gasteiger charge is 2.29. The van der Waals surface area contributed by atoms with Crippen molar-refractivity contribution in [1.29, 1.82) is 0 Å². The van der Waals surface area contributed by atoms with E-state index in [9.17, 15) is 4.79 Å². The number of thiophene rings is 1. The van der Waals surface area contributed by atoms with Gasteiger partial charge in [0, 0.05) is 17.0 Å². The first-order valence-corrected chi connectivity index (χ1v) is 7.90. The smallest absolute Gasteiger partial charge is 0.254 e. The average molecular weight is 327 g/mol. The van der Waals surface area contributed by atoms with E-state index in [0.717, 1.165) is 6.42 Å². The van der Waals surface area contributed by atoms with Gasteiger partial charge in [-0.1, -0.05) is 23.2 Å². The van der Waals surface area contributed by atoms with Crippen LogP contribution >= 0.6 is 34.5 Å². The highest BCUT2D eigenvalue weighted by molar-refractivity contribution is 7.10. The molecule has 1 aliphatic rings. The summed E-state index contributed by atoms with van der Waals surface area (Å²) in [4.78, 5) is 19.7. The van der Waals surface area contributed by atoms with Crippen LogP contribution in [0.1, 0.15) is 33.8 Å². The van der Waals surface area contributed by atoms with Gasteiger partial charge in [0.2, 0.25) is 0 Å². The molecule has 1 unspecified atom stereocenters. The predicted molar refractivity (Wildman–Crippen MR) is 81.7 cm³/mol. The average Bonchev–Trinajstić information content (AvgIpc) is 2.86. The van der Waals surface area contributed by atoms with E-state index < -0.39 is 0 Å². The zero-order valence-electron chi connectivity index (χ0n) is 10.8. The Balaban J connectivity index is 1.92. The normalized spacial score (nSPS) is 17.9. The van der Waals surface area contributed by atoms with Crippen molar-refractivity contribution < 1.29 is 4.79 Å². The molecule has 6 heteroatoms. The molecule has 1 aliphatic heterocycles. The van der Waals surface area contributed by atoms with Crippen LogP contribution in [0.2, 0.25) is 10.3 Å². The van der Waals surface area contributed by atoms with Crippen LogP contribution in [0.4, 0.5) is 0 Å². The van der Waals surface area contributed by atoms with E-state index >= 15 is 0 Å². The number of hydrogen-bond acceptors (Lipinski definition) is 3. The number of pyridine rings is 1. The van der Waals surface area contributed by atoms with E-state index in [-0.39, 0.29) is 22.3 Å². The lowest BCUT2D eigenvalue weighted by molar-refractivity contribution is 0.0679. The van der Waals surface area contributed by atoms with Gasteiger partial charge in [0.15, 0.2) is 0 Å². The monoisotopic (exact) mass is 326 g/mol. The minimum Gasteiger partial charge on any atom is -0.331 e. The van der Waals surface area contributed by atoms with E-state index in [0.29, 0.717) is 12.1 Å². The summed E-state index contributed by atoms with van der Waals surface area (Å²) in [6.07, 6.45) is 0.898. The molecule has 1 amide bonds. The number of amides is 1. The van der Waals surface area contributed by atoms with E-state index in [1.165, 1.54) is 10.4 Å². The van der Waals surface area contributed by atoms with Crippen LogP contribution in [0.5, 0.6) is 0 Å². The van der Waals surface area contributed by atoms with Crippen molar-refractivity contribution in [2.45, 2.75) is 19.4 Å². The minimum atomic E-state index is -0.0550. The standard InChI is InChI=1S/C14H12Cl2N2OS/c1-8-10-3-5-20-11(10)2-4-18(8)14(19)9-6-12(15)17-13(16)7-9/h3,5-8H,2,4H2,1H3. The predicted octanol–water partition coefficient (Wildman–Crippen LogP) is 4.21. The first-order valence-electron chi connectivity index (χ1n) is 6.26. The Morgan fingerprint density at radius 2 is 2.10 bits per heavy atom. The molecule has 0 N–H and O–H groups in total. The van der Waals surface area contributed by atoms with Crippen LogP contribution < -0.4 is 0 Å². The molecular weight excluding hydrogens is 315 g/mol. The second-order valence-corrected chi connectivity index (χ2v) is 6.50. The van der Waals surface area contributed by atoms with E-state index in [4.69, 9.17) is 23.2 Å². The molecule has 3 nitrogen and oxygen atoms in total. The number of rotatable bonds is 1. The molecule has 3 heterocycles. The molecule has 3 rings (SSSR count). The SMILES string of the molecule is CC1c2ccsc2CCN1C(=O)c1cc(Cl)nc(Cl)c1. The van der Waals surface area contributed by atoms with Gasteiger partial charge < -0.3 is 4.90 Å². The highest BCUT2D eigenvalue weighted by Crippen LogP contribution is 2.33. The number of aromatic nitrogens is 1. The zero-order chi connectivity index (χ0) is 14.3. The maximum atomic E-state index is 12.6. The molecule has 0 aliphatic carbocycles. The highest BCUT2D eigenvalue weighted by atomic mass is 35.5. The Bertz CT molecular complexity index is 651. The van der Waals surface area contributed by atoms with Crippen molar-refractivity contribution >= 4 is 40.4 Å². The van der Waals surface area contributed by atoms with E-state index in [1.807, 2.05) is 11.8 Å². The minimum absolute atomic E-state index is 0.0550. The molecule has 0 saturated carbocycles. The maximum absolute atomic E-state index is 12.6. The van der Waals surface area contributed by atoms with Crippen molar-refractivity contribution in [2.75, 3.05) is 6.54 Å². The number of hydrogen-bond donors (Lipinski definition) is 0. The van der Waals surface area contributed by atoms with Crippen LogP contribution in [-0.4, -0.2) is 22.3 Å². The van der Waals surface area contributed by atoms with Gasteiger partial charge in [-0.3, -0.25) is 4.79 Å². The second-order valence-electron chi connectivity index (χ2n) is 4.72. The molecule has 0 saturated heterocycles. The van der Waals surface area contributed by atoms with Gasteiger partial charge >= 0.3 is 0 Å². The fraction of sp³-hybridized carbons (Fsp3) is 0.286. The summed E-state index contributed by atoms with van der Waals surface area (Å²) in [5, 5.41) is 2.55. The molecule has 0 aromatic carbocycles. The molecular formula is C14H12Cl2N2OS. The lowest BCUT2D eigenvalue weighted by Crippen LogP contribution is -2.38. The summed E-state index contributed by atoms with van der Waals surface area (Å²) in [6, 6.07) is 5.29. The molecule has 0 spiro atoms. The Labute approximate surface area is 131 Å². The summed E-state index contributed by atoms with van der Waals surface area (Å²) in [5.41, 5.74) is 1.72. The number of carbonyl (C=O) groups excluding carboxylic acids is 1. The third kappa shape index (κ3) is 2.43. The number of carbonyl (C=O) groups is 1. The Morgan fingerprint density at radius 3 is 2.80 bits per heavy atom. The zero-order valence-corrected chi connectivity index (χ0v) is 13.1. The summed E-state index contributed by atoms with van der Waals surface area (Å²) in [7, 11) is 0. The van der Waals surface area contributed by atoms with Crippen LogP contribution in [-0.2, 0) is 6.42 Å². The molecule has 0 radical (unpaired) electrons. The second kappa shape index (κ2) is 5.35. The van der Waals surface area contributed by atoms with Crippen molar-refractivity contribution in [2.24, 2.45) is 0 Å². The van der Waals surface area contributed by atoms with Gasteiger partial charge in [-0.2, -0.15) is 0 Å². The van der Waals surface area contributed by atoms with Crippen molar-refractivity contribution in [1.82, 2.24) is 9.88 Å². The molecule has 20 heavy (non-hydrogen) atoms. The molecule has 0 bridgehead atoms. The van der Waals surface area contributed by atoms with E-state index in [2.05, 4.69) is 16.4 Å². The number of fused-ring (bicyclic) bond motifs is 1. The van der Waals surface area contributed by atoms with Crippen molar-refractivity contribution in [3.63, 3.8) is 0 Å². The quantitative estimate of drug-likeness (QED) is 0.735. The Kier molecular flexibility index (Phi) is 3.71. The molecule has 0 fully saturated rings. The maximum Gasteiger partial charge on any atom is 0.254 e. The third-order valence-electron chi connectivity index (χ3n) is 3.55. The molecule has 1 atom stereocenters. The first kappa shape index (κ1) is 13.9. The van der Waals surface area contributed by atoms with Crippen LogP contribution in [0.15, 0.2) is 23.6 Å². The number of halogens is 2. The lowest BCUT2D eigenvalue weighted by Gasteiger charge is -2.33. The fourth-order valence-corrected chi connectivity index (χ4v) is 3.96. The molecule has 2 aromatic rings. The Hall–Kier alpha value is -1.10. The third-order valence-corrected chi connectivity index (χ3v) is 4.93. The van der Waals surface area contributed by atoms with Crippen LogP contribution in [0, 0.1) is 0 Å². The summed E-state index contributed by atoms with van der Waals surface area (Å²) >= 11 is 13.5. The van der Waals surface area contributed by atoms with Crippen LogP contribution in [0.25, 0.3) is 0 Å². The van der Waals surface area contributed by atoms with Crippen LogP contribution in [0.3, 0.4) is 0 Å². The summed E-state index contributed by atoms with van der Waals surface area (Å²) in [5.74, 6) is -0.0550. The van der Waals surface area contributed by atoms with Gasteiger partial charge in [0.05, 0.1) is 6.04 Å².